The van der Waals surface area contributed by atoms with Crippen LogP contribution in [0.3, 0.4) is 0 Å². The van der Waals surface area contributed by atoms with Gasteiger partial charge in [0.25, 0.3) is 0 Å². The summed E-state index contributed by atoms with van der Waals surface area (Å²) in [6.45, 7) is 5.88. The van der Waals surface area contributed by atoms with Gasteiger partial charge in [-0.1, -0.05) is 71.7 Å². The van der Waals surface area contributed by atoms with Crippen molar-refractivity contribution in [2.45, 2.75) is 32.9 Å². The Morgan fingerprint density at radius 2 is 1.62 bits per heavy atom. The van der Waals surface area contributed by atoms with E-state index in [2.05, 4.69) is 5.32 Å². The second kappa shape index (κ2) is 14.2. The van der Waals surface area contributed by atoms with Gasteiger partial charge in [0.1, 0.15) is 17.2 Å². The van der Waals surface area contributed by atoms with Crippen molar-refractivity contribution in [2.75, 3.05) is 12.4 Å². The average Bonchev–Trinajstić information content (AvgIpc) is 3.41. The zero-order valence-corrected chi connectivity index (χ0v) is 27.8. The summed E-state index contributed by atoms with van der Waals surface area (Å²) < 4.78 is 12.8. The summed E-state index contributed by atoms with van der Waals surface area (Å²) in [5.41, 5.74) is 5.22. The van der Waals surface area contributed by atoms with Gasteiger partial charge in [0.2, 0.25) is 0 Å². The van der Waals surface area contributed by atoms with Gasteiger partial charge in [-0.25, -0.2) is 14.6 Å². The van der Waals surface area contributed by atoms with E-state index in [1.54, 1.807) is 70.3 Å². The lowest BCUT2D eigenvalue weighted by Gasteiger charge is -2.20. The van der Waals surface area contributed by atoms with Crippen LogP contribution in [0.1, 0.15) is 48.1 Å². The second-order valence-electron chi connectivity index (χ2n) is 11.7. The third kappa shape index (κ3) is 8.61. The Morgan fingerprint density at radius 1 is 0.915 bits per heavy atom. The number of amides is 1. The molecule has 0 saturated heterocycles. The SMILES string of the molecule is COc1ccc(-c2ccc(C=Cc3nc(-c4ccc(Cl)cc4Cl)cn3Cc3ccc(C(=O)O)cc3)cc2)cc1NC(=O)OC(C)(C)C. The number of carboxylic acids is 1. The van der Waals surface area contributed by atoms with E-state index in [-0.39, 0.29) is 5.56 Å². The van der Waals surface area contributed by atoms with Crippen LogP contribution < -0.4 is 10.1 Å². The van der Waals surface area contributed by atoms with Crippen LogP contribution >= 0.6 is 23.2 Å². The zero-order valence-electron chi connectivity index (χ0n) is 26.3. The summed E-state index contributed by atoms with van der Waals surface area (Å²) in [4.78, 5) is 28.6. The molecular weight excluding hydrogens is 637 g/mol. The first-order valence-electron chi connectivity index (χ1n) is 14.7. The number of halogens is 2. The lowest BCUT2D eigenvalue weighted by molar-refractivity contribution is 0.0633. The molecule has 1 heterocycles. The molecule has 0 saturated carbocycles. The van der Waals surface area contributed by atoms with Crippen molar-refractivity contribution < 1.29 is 24.2 Å². The maximum absolute atomic E-state index is 12.4. The topological polar surface area (TPSA) is 103 Å². The highest BCUT2D eigenvalue weighted by Crippen LogP contribution is 2.32. The molecule has 0 atom stereocenters. The molecule has 240 valence electrons. The number of carbonyl (C=O) groups excluding carboxylic acids is 1. The number of hydrogen-bond donors (Lipinski definition) is 2. The number of carboxylic acid groups (broad SMARTS) is 1. The molecule has 2 N–H and O–H groups in total. The van der Waals surface area contributed by atoms with Crippen LogP contribution in [-0.4, -0.2) is 39.4 Å². The smallest absolute Gasteiger partial charge is 0.412 e. The number of benzene rings is 4. The van der Waals surface area contributed by atoms with E-state index in [0.29, 0.717) is 39.5 Å². The summed E-state index contributed by atoms with van der Waals surface area (Å²) in [5.74, 6) is 0.232. The summed E-state index contributed by atoms with van der Waals surface area (Å²) in [7, 11) is 1.55. The van der Waals surface area contributed by atoms with E-state index in [0.717, 1.165) is 27.8 Å². The van der Waals surface area contributed by atoms with Gasteiger partial charge in [0.15, 0.2) is 0 Å². The maximum Gasteiger partial charge on any atom is 0.412 e. The Labute approximate surface area is 283 Å². The van der Waals surface area contributed by atoms with Crippen molar-refractivity contribution in [3.8, 4) is 28.1 Å². The van der Waals surface area contributed by atoms with Crippen molar-refractivity contribution in [1.82, 2.24) is 9.55 Å². The van der Waals surface area contributed by atoms with E-state index in [4.69, 9.17) is 37.7 Å². The number of nitrogens with zero attached hydrogens (tertiary/aromatic N) is 2. The number of carbonyl (C=O) groups is 2. The van der Waals surface area contributed by atoms with Gasteiger partial charge in [-0.15, -0.1) is 0 Å². The first-order valence-corrected chi connectivity index (χ1v) is 15.5. The van der Waals surface area contributed by atoms with Gasteiger partial charge >= 0.3 is 12.1 Å². The highest BCUT2D eigenvalue weighted by atomic mass is 35.5. The molecule has 8 nitrogen and oxygen atoms in total. The number of nitrogens with one attached hydrogen (secondary N) is 1. The molecule has 0 unspecified atom stereocenters. The Bertz CT molecular complexity index is 1940. The number of rotatable bonds is 9. The fraction of sp³-hybridized carbons (Fsp3) is 0.162. The van der Waals surface area contributed by atoms with Crippen LogP contribution in [0.5, 0.6) is 5.75 Å². The molecule has 1 aromatic heterocycles. The molecule has 0 aliphatic carbocycles. The van der Waals surface area contributed by atoms with Gasteiger partial charge in [-0.3, -0.25) is 5.32 Å². The average molecular weight is 671 g/mol. The number of imidazole rings is 1. The zero-order chi connectivity index (χ0) is 33.7. The highest BCUT2D eigenvalue weighted by molar-refractivity contribution is 6.36. The van der Waals surface area contributed by atoms with Crippen LogP contribution in [0.15, 0.2) is 91.1 Å². The Hall–Kier alpha value is -5.05. The number of aromatic nitrogens is 2. The van der Waals surface area contributed by atoms with Crippen molar-refractivity contribution in [2.24, 2.45) is 0 Å². The van der Waals surface area contributed by atoms with Crippen molar-refractivity contribution in [1.29, 1.82) is 0 Å². The van der Waals surface area contributed by atoms with Crippen LogP contribution in [0.4, 0.5) is 10.5 Å². The van der Waals surface area contributed by atoms with Crippen LogP contribution in [0.2, 0.25) is 10.0 Å². The Balaban J connectivity index is 1.40. The van der Waals surface area contributed by atoms with E-state index in [9.17, 15) is 14.7 Å². The van der Waals surface area contributed by atoms with E-state index in [1.807, 2.05) is 65.4 Å². The predicted octanol–water partition coefficient (Wildman–Crippen LogP) is 9.80. The van der Waals surface area contributed by atoms with E-state index >= 15 is 0 Å². The lowest BCUT2D eigenvalue weighted by Crippen LogP contribution is -2.27. The summed E-state index contributed by atoms with van der Waals surface area (Å²) in [6.07, 6.45) is 5.23. The molecule has 4 aromatic carbocycles. The van der Waals surface area contributed by atoms with Crippen LogP contribution in [-0.2, 0) is 11.3 Å². The van der Waals surface area contributed by atoms with Gasteiger partial charge in [-0.2, -0.15) is 0 Å². The first kappa shape index (κ1) is 33.3. The minimum Gasteiger partial charge on any atom is -0.495 e. The molecule has 0 bridgehead atoms. The normalized spacial score (nSPS) is 11.4. The number of anilines is 1. The standard InChI is InChI=1S/C37H33Cl2N3O5/c1-37(2,3)47-36(45)41-31-19-27(14-17-33(31)46-4)25-10-5-23(6-11-25)9-18-34-40-32(29-16-15-28(38)20-30(29)39)22-42(34)21-24-7-12-26(13-8-24)35(43)44/h5-20,22H,21H2,1-4H3,(H,41,45)(H,43,44). The van der Waals surface area contributed by atoms with Crippen LogP contribution in [0.25, 0.3) is 34.5 Å². The number of aromatic carboxylic acids is 1. The van der Waals surface area contributed by atoms with Crippen LogP contribution in [0, 0.1) is 0 Å². The first-order chi connectivity index (χ1) is 22.4. The highest BCUT2D eigenvalue weighted by Gasteiger charge is 2.18. The molecule has 0 aliphatic rings. The molecule has 1 amide bonds. The number of ether oxygens (including phenoxy) is 2. The largest absolute Gasteiger partial charge is 0.495 e. The molecule has 0 fully saturated rings. The summed E-state index contributed by atoms with van der Waals surface area (Å²) >= 11 is 12.6. The molecule has 5 aromatic rings. The second-order valence-corrected chi connectivity index (χ2v) is 12.6. The Kier molecular flexibility index (Phi) is 10.0. The van der Waals surface area contributed by atoms with Crippen molar-refractivity contribution in [3.05, 3.63) is 124 Å². The minimum atomic E-state index is -0.974. The number of methoxy groups -OCH3 is 1. The summed E-state index contributed by atoms with van der Waals surface area (Å²) in [5, 5.41) is 13.1. The monoisotopic (exact) mass is 669 g/mol. The quantitative estimate of drug-likeness (QED) is 0.162. The molecule has 0 aliphatic heterocycles. The van der Waals surface area contributed by atoms with Gasteiger partial charge in [-0.05, 0) is 91.6 Å². The molecule has 0 radical (unpaired) electrons. The third-order valence-electron chi connectivity index (χ3n) is 7.07. The molecule has 10 heteroatoms. The predicted molar refractivity (Wildman–Crippen MR) is 187 cm³/mol. The fourth-order valence-corrected chi connectivity index (χ4v) is 5.33. The van der Waals surface area contributed by atoms with Gasteiger partial charge in [0.05, 0.1) is 29.1 Å². The third-order valence-corrected chi connectivity index (χ3v) is 7.62. The minimum absolute atomic E-state index is 0.224. The van der Waals surface area contributed by atoms with Gasteiger partial charge < -0.3 is 19.1 Å². The fourth-order valence-electron chi connectivity index (χ4n) is 4.82. The number of hydrogen-bond acceptors (Lipinski definition) is 5. The lowest BCUT2D eigenvalue weighted by atomic mass is 10.0. The molecule has 47 heavy (non-hydrogen) atoms. The van der Waals surface area contributed by atoms with E-state index < -0.39 is 17.7 Å². The Morgan fingerprint density at radius 3 is 2.26 bits per heavy atom. The molecule has 5 rings (SSSR count). The molecular formula is C37H33Cl2N3O5. The van der Waals surface area contributed by atoms with Crippen molar-refractivity contribution in [3.63, 3.8) is 0 Å². The van der Waals surface area contributed by atoms with Gasteiger partial charge in [0, 0.05) is 23.3 Å². The molecule has 0 spiro atoms. The van der Waals surface area contributed by atoms with E-state index in [1.165, 1.54) is 0 Å². The summed E-state index contributed by atoms with van der Waals surface area (Å²) in [6, 6.07) is 25.6. The maximum atomic E-state index is 12.4. The van der Waals surface area contributed by atoms with Crippen molar-refractivity contribution >= 4 is 53.1 Å².